The molecule has 34 heavy (non-hydrogen) atoms. The molecular weight excluding hydrogens is 438 g/mol. The van der Waals surface area contributed by atoms with Gasteiger partial charge in [-0.3, -0.25) is 9.59 Å². The number of benzene rings is 1. The smallest absolute Gasteiger partial charge is 0.259 e. The summed E-state index contributed by atoms with van der Waals surface area (Å²) in [7, 11) is 4.76. The van der Waals surface area contributed by atoms with Gasteiger partial charge in [-0.05, 0) is 30.7 Å². The van der Waals surface area contributed by atoms with Crippen molar-refractivity contribution in [1.29, 1.82) is 0 Å². The number of carbonyl (C=O) groups is 2. The second kappa shape index (κ2) is 11.3. The van der Waals surface area contributed by atoms with Crippen molar-refractivity contribution in [3.05, 3.63) is 42.1 Å². The van der Waals surface area contributed by atoms with Crippen molar-refractivity contribution in [2.45, 2.75) is 26.0 Å². The number of fused-ring (bicyclic) bond motifs is 1. The number of aliphatic hydroxyl groups is 1. The van der Waals surface area contributed by atoms with Crippen LogP contribution in [0.5, 0.6) is 11.6 Å². The Labute approximate surface area is 200 Å². The van der Waals surface area contributed by atoms with Crippen LogP contribution in [0.25, 0.3) is 11.1 Å². The predicted octanol–water partition coefficient (Wildman–Crippen LogP) is 2.08. The average Bonchev–Trinajstić information content (AvgIpc) is 2.85. The predicted molar refractivity (Wildman–Crippen MR) is 127 cm³/mol. The van der Waals surface area contributed by atoms with Crippen molar-refractivity contribution in [2.75, 3.05) is 47.6 Å². The summed E-state index contributed by atoms with van der Waals surface area (Å²) in [5, 5.41) is 9.81. The molecule has 0 spiro atoms. The standard InChI is InChI=1S/C25H33N3O6/c1-16-12-28(17(2)14-29)25(31)21-10-19(18-7-6-8-20(9-18)33-5)11-26-24(21)34-22(16)13-27(3)23(30)15-32-4/h6-11,16-17,22,29H,12-15H2,1-5H3/t16-,17-,22-/m1/s1. The minimum Gasteiger partial charge on any atom is -0.497 e. The number of aliphatic hydroxyl groups excluding tert-OH is 1. The lowest BCUT2D eigenvalue weighted by Crippen LogP contribution is -2.50. The van der Waals surface area contributed by atoms with Crippen LogP contribution in [0.4, 0.5) is 0 Å². The van der Waals surface area contributed by atoms with E-state index in [0.29, 0.717) is 24.4 Å². The third-order valence-electron chi connectivity index (χ3n) is 6.07. The number of hydrogen-bond acceptors (Lipinski definition) is 7. The van der Waals surface area contributed by atoms with Crippen molar-refractivity contribution < 1.29 is 28.9 Å². The Bertz CT molecular complexity index is 1010. The first-order chi connectivity index (χ1) is 16.3. The molecule has 3 atom stereocenters. The first kappa shape index (κ1) is 25.5. The summed E-state index contributed by atoms with van der Waals surface area (Å²) in [6, 6.07) is 8.85. The van der Waals surface area contributed by atoms with Crippen LogP contribution < -0.4 is 9.47 Å². The molecular formula is C25H33N3O6. The van der Waals surface area contributed by atoms with Gasteiger partial charge >= 0.3 is 0 Å². The highest BCUT2D eigenvalue weighted by atomic mass is 16.5. The molecule has 1 N–H and O–H groups in total. The van der Waals surface area contributed by atoms with Crippen LogP contribution in [-0.4, -0.2) is 91.4 Å². The van der Waals surface area contributed by atoms with Gasteiger partial charge < -0.3 is 29.1 Å². The molecule has 0 bridgehead atoms. The van der Waals surface area contributed by atoms with Crippen molar-refractivity contribution in [1.82, 2.24) is 14.8 Å². The maximum atomic E-state index is 13.6. The van der Waals surface area contributed by atoms with E-state index in [2.05, 4.69) is 4.98 Å². The molecule has 9 nitrogen and oxygen atoms in total. The molecule has 0 saturated heterocycles. The van der Waals surface area contributed by atoms with Crippen molar-refractivity contribution >= 4 is 11.8 Å². The van der Waals surface area contributed by atoms with E-state index in [4.69, 9.17) is 14.2 Å². The van der Waals surface area contributed by atoms with Crippen LogP contribution in [0.1, 0.15) is 24.2 Å². The summed E-state index contributed by atoms with van der Waals surface area (Å²) < 4.78 is 16.5. The monoisotopic (exact) mass is 471 g/mol. The highest BCUT2D eigenvalue weighted by molar-refractivity contribution is 5.98. The number of amides is 2. The van der Waals surface area contributed by atoms with Gasteiger partial charge in [-0.15, -0.1) is 0 Å². The molecule has 1 aliphatic rings. The Morgan fingerprint density at radius 3 is 2.76 bits per heavy atom. The topological polar surface area (TPSA) is 101 Å². The van der Waals surface area contributed by atoms with Gasteiger partial charge in [-0.25, -0.2) is 4.98 Å². The normalized spacial score (nSPS) is 18.9. The van der Waals surface area contributed by atoms with Crippen LogP contribution in [-0.2, 0) is 9.53 Å². The largest absolute Gasteiger partial charge is 0.497 e. The van der Waals surface area contributed by atoms with Gasteiger partial charge in [-0.2, -0.15) is 0 Å². The number of pyridine rings is 1. The molecule has 2 aromatic rings. The van der Waals surface area contributed by atoms with Crippen LogP contribution >= 0.6 is 0 Å². The molecule has 2 amide bonds. The zero-order valence-corrected chi connectivity index (χ0v) is 20.4. The van der Waals surface area contributed by atoms with Crippen molar-refractivity contribution in [3.8, 4) is 22.8 Å². The number of aromatic nitrogens is 1. The van der Waals surface area contributed by atoms with Gasteiger partial charge in [0.2, 0.25) is 11.8 Å². The number of ether oxygens (including phenoxy) is 3. The summed E-state index contributed by atoms with van der Waals surface area (Å²) in [5.41, 5.74) is 1.90. The van der Waals surface area contributed by atoms with Gasteiger partial charge in [0.05, 0.1) is 26.3 Å². The van der Waals surface area contributed by atoms with Gasteiger partial charge in [0, 0.05) is 38.4 Å². The van der Waals surface area contributed by atoms with Crippen molar-refractivity contribution in [2.24, 2.45) is 5.92 Å². The third-order valence-corrected chi connectivity index (χ3v) is 6.07. The molecule has 3 rings (SSSR count). The number of carbonyl (C=O) groups excluding carboxylic acids is 2. The summed E-state index contributed by atoms with van der Waals surface area (Å²) in [6.07, 6.45) is 1.24. The lowest BCUT2D eigenvalue weighted by molar-refractivity contribution is -0.135. The first-order valence-electron chi connectivity index (χ1n) is 11.2. The highest BCUT2D eigenvalue weighted by Crippen LogP contribution is 2.31. The number of nitrogens with zero attached hydrogens (tertiary/aromatic N) is 3. The maximum Gasteiger partial charge on any atom is 0.259 e. The summed E-state index contributed by atoms with van der Waals surface area (Å²) >= 11 is 0. The van der Waals surface area contributed by atoms with Crippen LogP contribution in [0, 0.1) is 5.92 Å². The summed E-state index contributed by atoms with van der Waals surface area (Å²) in [6.45, 7) is 4.23. The first-order valence-corrected chi connectivity index (χ1v) is 11.2. The number of hydrogen-bond donors (Lipinski definition) is 1. The molecule has 0 unspecified atom stereocenters. The SMILES string of the molecule is COCC(=O)N(C)C[C@H]1Oc2ncc(-c3cccc(OC)c3)cc2C(=O)N([C@H](C)CO)C[C@H]1C. The molecule has 1 aliphatic heterocycles. The van der Waals surface area contributed by atoms with Gasteiger partial charge in [0.15, 0.2) is 0 Å². The lowest BCUT2D eigenvalue weighted by Gasteiger charge is -2.37. The number of likely N-dealkylation sites (N-methyl/N-ethyl adjacent to an activating group) is 1. The van der Waals surface area contributed by atoms with Crippen LogP contribution in [0.3, 0.4) is 0 Å². The molecule has 2 heterocycles. The van der Waals surface area contributed by atoms with Crippen LogP contribution in [0.2, 0.25) is 0 Å². The lowest BCUT2D eigenvalue weighted by atomic mass is 9.99. The molecule has 0 aliphatic carbocycles. The summed E-state index contributed by atoms with van der Waals surface area (Å²) in [5.74, 6) is 0.348. The maximum absolute atomic E-state index is 13.6. The van der Waals surface area contributed by atoms with E-state index in [9.17, 15) is 14.7 Å². The zero-order valence-electron chi connectivity index (χ0n) is 20.4. The minimum atomic E-state index is -0.416. The molecule has 0 radical (unpaired) electrons. The van der Waals surface area contributed by atoms with Gasteiger partial charge in [-0.1, -0.05) is 19.1 Å². The Balaban J connectivity index is 2.01. The second-order valence-corrected chi connectivity index (χ2v) is 8.64. The Kier molecular flexibility index (Phi) is 8.46. The van der Waals surface area contributed by atoms with E-state index in [0.717, 1.165) is 11.1 Å². The fourth-order valence-electron chi connectivity index (χ4n) is 3.89. The number of rotatable bonds is 8. The van der Waals surface area contributed by atoms with E-state index in [1.807, 2.05) is 31.2 Å². The van der Waals surface area contributed by atoms with Crippen LogP contribution in [0.15, 0.2) is 36.5 Å². The molecule has 0 fully saturated rings. The van der Waals surface area contributed by atoms with E-state index >= 15 is 0 Å². The minimum absolute atomic E-state index is 0.0253. The van der Waals surface area contributed by atoms with E-state index in [-0.39, 0.29) is 36.8 Å². The third kappa shape index (κ3) is 5.66. The van der Waals surface area contributed by atoms with Crippen molar-refractivity contribution in [3.63, 3.8) is 0 Å². The van der Waals surface area contributed by atoms with E-state index < -0.39 is 12.1 Å². The second-order valence-electron chi connectivity index (χ2n) is 8.64. The molecule has 0 saturated carbocycles. The fourth-order valence-corrected chi connectivity index (χ4v) is 3.89. The van der Waals surface area contributed by atoms with E-state index in [1.165, 1.54) is 7.11 Å². The Hall–Kier alpha value is -3.17. The molecule has 9 heteroatoms. The number of methoxy groups -OCH3 is 2. The highest BCUT2D eigenvalue weighted by Gasteiger charge is 2.34. The Morgan fingerprint density at radius 1 is 1.32 bits per heavy atom. The summed E-state index contributed by atoms with van der Waals surface area (Å²) in [4.78, 5) is 33.5. The molecule has 1 aromatic heterocycles. The Morgan fingerprint density at radius 2 is 2.09 bits per heavy atom. The molecule has 1 aromatic carbocycles. The molecule has 184 valence electrons. The average molecular weight is 472 g/mol. The fraction of sp³-hybridized carbons (Fsp3) is 0.480. The van der Waals surface area contributed by atoms with E-state index in [1.54, 1.807) is 43.1 Å². The quantitative estimate of drug-likeness (QED) is 0.629. The zero-order chi connectivity index (χ0) is 24.8. The van der Waals surface area contributed by atoms with Gasteiger partial charge in [0.25, 0.3) is 5.91 Å². The van der Waals surface area contributed by atoms with Gasteiger partial charge in [0.1, 0.15) is 24.0 Å².